The normalized spacial score (nSPS) is 15.8. The highest BCUT2D eigenvalue weighted by atomic mass is 32.2. The molecule has 6 nitrogen and oxygen atoms in total. The maximum absolute atomic E-state index is 12.1. The molecule has 23 heavy (non-hydrogen) atoms. The number of hydrogen-bond donors (Lipinski definition) is 0. The minimum atomic E-state index is -3.54. The van der Waals surface area contributed by atoms with Crippen molar-refractivity contribution in [3.8, 4) is 0 Å². The molecule has 1 aromatic rings. The second kappa shape index (κ2) is 7.59. The average Bonchev–Trinajstić information content (AvgIpc) is 2.80. The molecule has 1 amide bonds. The van der Waals surface area contributed by atoms with Crippen molar-refractivity contribution in [2.75, 3.05) is 26.0 Å². The molecule has 0 saturated carbocycles. The lowest BCUT2D eigenvalue weighted by molar-refractivity contribution is -0.134. The van der Waals surface area contributed by atoms with Crippen LogP contribution in [0.3, 0.4) is 0 Å². The second-order valence-electron chi connectivity index (χ2n) is 5.64. The third-order valence-corrected chi connectivity index (χ3v) is 4.95. The van der Waals surface area contributed by atoms with E-state index in [2.05, 4.69) is 0 Å². The number of carbonyl (C=O) groups excluding carboxylic acids is 2. The first kappa shape index (κ1) is 17.5. The van der Waals surface area contributed by atoms with Crippen LogP contribution in [0.1, 0.15) is 36.0 Å². The van der Waals surface area contributed by atoms with Crippen molar-refractivity contribution < 1.29 is 22.7 Å². The van der Waals surface area contributed by atoms with Crippen molar-refractivity contribution in [2.24, 2.45) is 0 Å². The summed E-state index contributed by atoms with van der Waals surface area (Å²) in [6.07, 6.45) is 5.14. The summed E-state index contributed by atoms with van der Waals surface area (Å²) in [5, 5.41) is 0. The molecule has 1 aliphatic heterocycles. The molecule has 0 aliphatic carbocycles. The first-order valence-corrected chi connectivity index (χ1v) is 9.53. The number of sulfone groups is 1. The molecule has 0 aromatic heterocycles. The van der Waals surface area contributed by atoms with Crippen molar-refractivity contribution >= 4 is 21.7 Å². The number of hydrogen-bond acceptors (Lipinski definition) is 5. The molecule has 0 unspecified atom stereocenters. The van der Waals surface area contributed by atoms with Gasteiger partial charge in [0, 0.05) is 19.3 Å². The monoisotopic (exact) mass is 339 g/mol. The first-order chi connectivity index (χ1) is 10.9. The Hall–Kier alpha value is -1.89. The summed E-state index contributed by atoms with van der Waals surface area (Å²) in [7, 11) is -3.54. The van der Waals surface area contributed by atoms with Crippen molar-refractivity contribution in [3.63, 3.8) is 0 Å². The zero-order valence-electron chi connectivity index (χ0n) is 13.2. The molecule has 1 aromatic carbocycles. The van der Waals surface area contributed by atoms with Gasteiger partial charge in [-0.25, -0.2) is 13.2 Å². The van der Waals surface area contributed by atoms with Crippen molar-refractivity contribution in [1.29, 1.82) is 0 Å². The average molecular weight is 339 g/mol. The number of rotatable bonds is 4. The molecule has 1 saturated heterocycles. The molecule has 0 spiro atoms. The van der Waals surface area contributed by atoms with Crippen LogP contribution in [0.25, 0.3) is 0 Å². The first-order valence-electron chi connectivity index (χ1n) is 7.63. The molecule has 0 radical (unpaired) electrons. The van der Waals surface area contributed by atoms with Crippen molar-refractivity contribution in [1.82, 2.24) is 4.90 Å². The molecule has 0 bridgehead atoms. The molecule has 7 heteroatoms. The lowest BCUT2D eigenvalue weighted by Gasteiger charge is -2.20. The number of benzene rings is 1. The number of esters is 1. The van der Waals surface area contributed by atoms with Crippen molar-refractivity contribution in [3.05, 3.63) is 29.8 Å². The summed E-state index contributed by atoms with van der Waals surface area (Å²) in [4.78, 5) is 25.8. The number of amides is 1. The standard InChI is InChI=1S/C16H21NO5S/c1-23(20,21)14-9-5-4-8-13(14)16(19)22-12-15(18)17-10-6-2-3-7-11-17/h4-5,8-9H,2-3,6-7,10-12H2,1H3. The fourth-order valence-electron chi connectivity index (χ4n) is 2.58. The lowest BCUT2D eigenvalue weighted by atomic mass is 10.2. The van der Waals surface area contributed by atoms with Gasteiger partial charge < -0.3 is 9.64 Å². The number of ether oxygens (including phenoxy) is 1. The smallest absolute Gasteiger partial charge is 0.339 e. The summed E-state index contributed by atoms with van der Waals surface area (Å²) >= 11 is 0. The summed E-state index contributed by atoms with van der Waals surface area (Å²) < 4.78 is 28.4. The van der Waals surface area contributed by atoms with Gasteiger partial charge in [0.15, 0.2) is 16.4 Å². The Balaban J connectivity index is 2.01. The number of likely N-dealkylation sites (tertiary alicyclic amines) is 1. The number of nitrogens with zero attached hydrogens (tertiary/aromatic N) is 1. The Morgan fingerprint density at radius 1 is 1.09 bits per heavy atom. The van der Waals surface area contributed by atoms with E-state index < -0.39 is 15.8 Å². The van der Waals surface area contributed by atoms with Crippen LogP contribution in [0.4, 0.5) is 0 Å². The van der Waals surface area contributed by atoms with Gasteiger partial charge >= 0.3 is 5.97 Å². The van der Waals surface area contributed by atoms with E-state index in [4.69, 9.17) is 4.74 Å². The van der Waals surface area contributed by atoms with Crippen LogP contribution in [0.5, 0.6) is 0 Å². The van der Waals surface area contributed by atoms with Gasteiger partial charge in [-0.3, -0.25) is 4.79 Å². The minimum absolute atomic E-state index is 0.0429. The molecule has 1 heterocycles. The van der Waals surface area contributed by atoms with Gasteiger partial charge in [-0.2, -0.15) is 0 Å². The maximum atomic E-state index is 12.1. The Labute approximate surface area is 136 Å². The van der Waals surface area contributed by atoms with Gasteiger partial charge in [-0.15, -0.1) is 0 Å². The van der Waals surface area contributed by atoms with Crippen LogP contribution in [0.15, 0.2) is 29.2 Å². The zero-order valence-corrected chi connectivity index (χ0v) is 14.0. The van der Waals surface area contributed by atoms with E-state index in [-0.39, 0.29) is 23.0 Å². The van der Waals surface area contributed by atoms with Gasteiger partial charge in [0.25, 0.3) is 5.91 Å². The van der Waals surface area contributed by atoms with Crippen molar-refractivity contribution in [2.45, 2.75) is 30.6 Å². The Kier molecular flexibility index (Phi) is 5.76. The van der Waals surface area contributed by atoms with Gasteiger partial charge in [0.1, 0.15) is 0 Å². The van der Waals surface area contributed by atoms with E-state index in [1.807, 2.05) is 0 Å². The quantitative estimate of drug-likeness (QED) is 0.779. The molecule has 0 atom stereocenters. The van der Waals surface area contributed by atoms with Crippen LogP contribution in [0, 0.1) is 0 Å². The van der Waals surface area contributed by atoms with Crippen LogP contribution in [-0.4, -0.2) is 51.1 Å². The summed E-state index contributed by atoms with van der Waals surface area (Å²) in [6, 6.07) is 5.83. The predicted octanol–water partition coefficient (Wildman–Crippen LogP) is 1.65. The fraction of sp³-hybridized carbons (Fsp3) is 0.500. The molecule has 1 aliphatic rings. The maximum Gasteiger partial charge on any atom is 0.339 e. The topological polar surface area (TPSA) is 80.7 Å². The Morgan fingerprint density at radius 3 is 2.30 bits per heavy atom. The molecular formula is C16H21NO5S. The minimum Gasteiger partial charge on any atom is -0.452 e. The lowest BCUT2D eigenvalue weighted by Crippen LogP contribution is -2.35. The van der Waals surface area contributed by atoms with Crippen LogP contribution in [0.2, 0.25) is 0 Å². The van der Waals surface area contributed by atoms with Gasteiger partial charge in [0.2, 0.25) is 0 Å². The Morgan fingerprint density at radius 2 is 1.70 bits per heavy atom. The van der Waals surface area contributed by atoms with Crippen LogP contribution in [-0.2, 0) is 19.4 Å². The van der Waals surface area contributed by atoms with E-state index in [0.717, 1.165) is 31.9 Å². The highest BCUT2D eigenvalue weighted by molar-refractivity contribution is 7.90. The zero-order chi connectivity index (χ0) is 16.9. The van der Waals surface area contributed by atoms with Gasteiger partial charge in [-0.05, 0) is 25.0 Å². The van der Waals surface area contributed by atoms with E-state index in [0.29, 0.717) is 13.1 Å². The van der Waals surface area contributed by atoms with Crippen LogP contribution < -0.4 is 0 Å². The highest BCUT2D eigenvalue weighted by Gasteiger charge is 2.21. The molecule has 2 rings (SSSR count). The summed E-state index contributed by atoms with van der Waals surface area (Å²) in [5.74, 6) is -1.04. The summed E-state index contributed by atoms with van der Waals surface area (Å²) in [6.45, 7) is 0.990. The second-order valence-corrected chi connectivity index (χ2v) is 7.62. The predicted molar refractivity (Wildman–Crippen MR) is 84.9 cm³/mol. The molecular weight excluding hydrogens is 318 g/mol. The SMILES string of the molecule is CS(=O)(=O)c1ccccc1C(=O)OCC(=O)N1CCCCCC1. The highest BCUT2D eigenvalue weighted by Crippen LogP contribution is 2.16. The van der Waals surface area contributed by atoms with Gasteiger partial charge in [0.05, 0.1) is 10.5 Å². The molecule has 1 fully saturated rings. The third kappa shape index (κ3) is 4.79. The number of carbonyl (C=O) groups is 2. The molecule has 0 N–H and O–H groups in total. The molecule has 126 valence electrons. The fourth-order valence-corrected chi connectivity index (χ4v) is 3.45. The van der Waals surface area contributed by atoms with E-state index >= 15 is 0 Å². The summed E-state index contributed by atoms with van der Waals surface area (Å²) in [5.41, 5.74) is -0.0429. The Bertz CT molecular complexity index is 675. The van der Waals surface area contributed by atoms with E-state index in [1.165, 1.54) is 18.2 Å². The third-order valence-electron chi connectivity index (χ3n) is 3.79. The van der Waals surface area contributed by atoms with E-state index in [1.54, 1.807) is 11.0 Å². The largest absolute Gasteiger partial charge is 0.452 e. The van der Waals surface area contributed by atoms with Gasteiger partial charge in [-0.1, -0.05) is 25.0 Å². The van der Waals surface area contributed by atoms with Crippen LogP contribution >= 0.6 is 0 Å². The van der Waals surface area contributed by atoms with E-state index in [9.17, 15) is 18.0 Å².